The Hall–Kier alpha value is -3.48. The Morgan fingerprint density at radius 1 is 1.19 bits per heavy atom. The minimum absolute atomic E-state index is 0.311. The lowest BCUT2D eigenvalue weighted by Crippen LogP contribution is -2.14. The van der Waals surface area contributed by atoms with E-state index in [2.05, 4.69) is 15.4 Å². The number of carbonyl (C=O) groups is 2. The number of benzene rings is 1. The second-order valence-electron chi connectivity index (χ2n) is 5.91. The number of nitrogens with zero attached hydrogens (tertiary/aromatic N) is 3. The average molecular weight is 364 g/mol. The first-order valence-electron chi connectivity index (χ1n) is 8.64. The van der Waals surface area contributed by atoms with Crippen LogP contribution in [0.1, 0.15) is 39.8 Å². The molecule has 3 rings (SSSR count). The Labute approximate surface area is 157 Å². The molecule has 1 N–H and O–H groups in total. The van der Waals surface area contributed by atoms with Crippen molar-refractivity contribution >= 4 is 17.6 Å². The maximum absolute atomic E-state index is 12.6. The molecule has 7 nitrogen and oxygen atoms in total. The number of rotatable bonds is 6. The molecule has 0 saturated carbocycles. The number of nitrogens with one attached hydrogen (secondary N) is 1. The highest BCUT2D eigenvalue weighted by atomic mass is 16.5. The zero-order chi connectivity index (χ0) is 19.2. The van der Waals surface area contributed by atoms with Gasteiger partial charge in [-0.05, 0) is 43.7 Å². The molecular weight excluding hydrogens is 344 g/mol. The van der Waals surface area contributed by atoms with Gasteiger partial charge in [0.15, 0.2) is 5.82 Å². The van der Waals surface area contributed by atoms with Crippen molar-refractivity contribution in [1.82, 2.24) is 14.8 Å². The van der Waals surface area contributed by atoms with Crippen molar-refractivity contribution in [2.75, 3.05) is 11.9 Å². The fraction of sp³-hybridized carbons (Fsp3) is 0.200. The van der Waals surface area contributed by atoms with E-state index in [1.165, 1.54) is 6.20 Å². The van der Waals surface area contributed by atoms with Crippen molar-refractivity contribution in [3.05, 3.63) is 71.7 Å². The fourth-order valence-electron chi connectivity index (χ4n) is 2.54. The van der Waals surface area contributed by atoms with Crippen LogP contribution in [0.5, 0.6) is 0 Å². The fourth-order valence-corrected chi connectivity index (χ4v) is 2.54. The molecule has 3 aromatic rings. The van der Waals surface area contributed by atoms with Crippen molar-refractivity contribution in [2.24, 2.45) is 0 Å². The number of ether oxygens (including phenoxy) is 1. The Balaban J connectivity index is 1.77. The standard InChI is InChI=1S/C20H20N4O3/c1-3-11-27-20(26)15-7-6-8-16(12-15)23-19(25)17-13-22-24(14(17)2)18-9-4-5-10-21-18/h4-10,12-13H,3,11H2,1-2H3,(H,23,25). The number of hydrogen-bond acceptors (Lipinski definition) is 5. The van der Waals surface area contributed by atoms with Crippen LogP contribution in [-0.4, -0.2) is 33.2 Å². The van der Waals surface area contributed by atoms with Gasteiger partial charge in [-0.1, -0.05) is 19.1 Å². The third-order valence-corrected chi connectivity index (χ3v) is 3.91. The van der Waals surface area contributed by atoms with Gasteiger partial charge in [0.25, 0.3) is 5.91 Å². The molecule has 27 heavy (non-hydrogen) atoms. The highest BCUT2D eigenvalue weighted by Crippen LogP contribution is 2.16. The van der Waals surface area contributed by atoms with Gasteiger partial charge in [-0.15, -0.1) is 0 Å². The van der Waals surface area contributed by atoms with E-state index in [1.807, 2.05) is 25.1 Å². The predicted molar refractivity (Wildman–Crippen MR) is 101 cm³/mol. The molecule has 0 spiro atoms. The highest BCUT2D eigenvalue weighted by Gasteiger charge is 2.16. The van der Waals surface area contributed by atoms with Crippen LogP contribution in [-0.2, 0) is 4.74 Å². The van der Waals surface area contributed by atoms with E-state index >= 15 is 0 Å². The van der Waals surface area contributed by atoms with E-state index in [-0.39, 0.29) is 5.91 Å². The lowest BCUT2D eigenvalue weighted by atomic mass is 10.2. The molecule has 0 aliphatic rings. The van der Waals surface area contributed by atoms with Gasteiger partial charge < -0.3 is 10.1 Å². The molecule has 2 aromatic heterocycles. The lowest BCUT2D eigenvalue weighted by Gasteiger charge is -2.08. The zero-order valence-corrected chi connectivity index (χ0v) is 15.2. The van der Waals surface area contributed by atoms with Gasteiger partial charge in [0.2, 0.25) is 0 Å². The molecule has 0 aliphatic carbocycles. The lowest BCUT2D eigenvalue weighted by molar-refractivity contribution is 0.0505. The summed E-state index contributed by atoms with van der Waals surface area (Å²) in [5.74, 6) is -0.0874. The molecule has 0 atom stereocenters. The summed E-state index contributed by atoms with van der Waals surface area (Å²) in [5, 5.41) is 7.04. The average Bonchev–Trinajstić information content (AvgIpc) is 3.08. The van der Waals surface area contributed by atoms with Gasteiger partial charge in [0.05, 0.1) is 29.6 Å². The molecule has 0 aliphatic heterocycles. The van der Waals surface area contributed by atoms with Crippen molar-refractivity contribution in [1.29, 1.82) is 0 Å². The number of esters is 1. The molecule has 0 radical (unpaired) electrons. The topological polar surface area (TPSA) is 86.1 Å². The number of aromatic nitrogens is 3. The van der Waals surface area contributed by atoms with E-state index in [0.29, 0.717) is 34.9 Å². The van der Waals surface area contributed by atoms with Gasteiger partial charge in [-0.3, -0.25) is 4.79 Å². The summed E-state index contributed by atoms with van der Waals surface area (Å²) >= 11 is 0. The van der Waals surface area contributed by atoms with Crippen molar-refractivity contribution in [3.8, 4) is 5.82 Å². The molecule has 2 heterocycles. The summed E-state index contributed by atoms with van der Waals surface area (Å²) in [7, 11) is 0. The van der Waals surface area contributed by atoms with Crippen LogP contribution in [0.15, 0.2) is 54.9 Å². The van der Waals surface area contributed by atoms with E-state index in [4.69, 9.17) is 4.74 Å². The number of carbonyl (C=O) groups excluding carboxylic acids is 2. The Morgan fingerprint density at radius 3 is 2.78 bits per heavy atom. The second-order valence-corrected chi connectivity index (χ2v) is 5.91. The molecule has 0 saturated heterocycles. The predicted octanol–water partition coefficient (Wildman–Crippen LogP) is 3.39. The Kier molecular flexibility index (Phi) is 5.61. The van der Waals surface area contributed by atoms with Crippen molar-refractivity contribution in [3.63, 3.8) is 0 Å². The molecule has 138 valence electrons. The van der Waals surface area contributed by atoms with Gasteiger partial charge >= 0.3 is 5.97 Å². The van der Waals surface area contributed by atoms with Crippen molar-refractivity contribution < 1.29 is 14.3 Å². The van der Waals surface area contributed by atoms with Gasteiger partial charge in [-0.2, -0.15) is 5.10 Å². The quantitative estimate of drug-likeness (QED) is 0.678. The maximum Gasteiger partial charge on any atom is 0.338 e. The molecule has 1 amide bonds. The van der Waals surface area contributed by atoms with Gasteiger partial charge in [-0.25, -0.2) is 14.5 Å². The first-order valence-corrected chi connectivity index (χ1v) is 8.64. The van der Waals surface area contributed by atoms with Crippen LogP contribution in [0.4, 0.5) is 5.69 Å². The summed E-state index contributed by atoms with van der Waals surface area (Å²) in [4.78, 5) is 28.8. The van der Waals surface area contributed by atoms with E-state index in [9.17, 15) is 9.59 Å². The molecule has 0 unspecified atom stereocenters. The van der Waals surface area contributed by atoms with Crippen LogP contribution >= 0.6 is 0 Å². The SMILES string of the molecule is CCCOC(=O)c1cccc(NC(=O)c2cnn(-c3ccccn3)c2C)c1. The van der Waals surface area contributed by atoms with Crippen LogP contribution in [0.3, 0.4) is 0 Å². The molecule has 7 heteroatoms. The van der Waals surface area contributed by atoms with Gasteiger partial charge in [0, 0.05) is 11.9 Å². The normalized spacial score (nSPS) is 10.4. The van der Waals surface area contributed by atoms with E-state index in [0.717, 1.165) is 6.42 Å². The number of pyridine rings is 1. The minimum Gasteiger partial charge on any atom is -0.462 e. The van der Waals surface area contributed by atoms with Crippen LogP contribution < -0.4 is 5.32 Å². The van der Waals surface area contributed by atoms with E-state index < -0.39 is 5.97 Å². The van der Waals surface area contributed by atoms with Crippen LogP contribution in [0.2, 0.25) is 0 Å². The molecule has 1 aromatic carbocycles. The first-order chi connectivity index (χ1) is 13.1. The summed E-state index contributed by atoms with van der Waals surface area (Å²) in [6.07, 6.45) is 3.92. The molecule has 0 fully saturated rings. The minimum atomic E-state index is -0.410. The van der Waals surface area contributed by atoms with E-state index in [1.54, 1.807) is 42.1 Å². The second kappa shape index (κ2) is 8.27. The maximum atomic E-state index is 12.6. The largest absolute Gasteiger partial charge is 0.462 e. The third kappa shape index (κ3) is 4.20. The van der Waals surface area contributed by atoms with Gasteiger partial charge in [0.1, 0.15) is 0 Å². The third-order valence-electron chi connectivity index (χ3n) is 3.91. The summed E-state index contributed by atoms with van der Waals surface area (Å²) < 4.78 is 6.73. The van der Waals surface area contributed by atoms with Crippen molar-refractivity contribution in [2.45, 2.75) is 20.3 Å². The Bertz CT molecular complexity index is 951. The number of hydrogen-bond donors (Lipinski definition) is 1. The monoisotopic (exact) mass is 364 g/mol. The number of anilines is 1. The highest BCUT2D eigenvalue weighted by molar-refractivity contribution is 6.05. The molecule has 0 bridgehead atoms. The summed E-state index contributed by atoms with van der Waals surface area (Å²) in [6.45, 7) is 4.09. The summed E-state index contributed by atoms with van der Waals surface area (Å²) in [6, 6.07) is 12.1. The van der Waals surface area contributed by atoms with Crippen LogP contribution in [0, 0.1) is 6.92 Å². The smallest absolute Gasteiger partial charge is 0.338 e. The molecular formula is C20H20N4O3. The first kappa shape index (κ1) is 18.3. The number of amides is 1. The van der Waals surface area contributed by atoms with Crippen LogP contribution in [0.25, 0.3) is 5.82 Å². The Morgan fingerprint density at radius 2 is 2.04 bits per heavy atom. The zero-order valence-electron chi connectivity index (χ0n) is 15.2. The summed E-state index contributed by atoms with van der Waals surface area (Å²) in [5.41, 5.74) is 2.00.